The number of amides is 2. The fourth-order valence-electron chi connectivity index (χ4n) is 5.20. The molecule has 3 rings (SSSR count). The van der Waals surface area contributed by atoms with E-state index in [0.717, 1.165) is 11.1 Å². The number of carbonyl (C=O) groups is 2. The zero-order chi connectivity index (χ0) is 33.1. The summed E-state index contributed by atoms with van der Waals surface area (Å²) >= 11 is 0. The molecule has 0 fully saturated rings. The summed E-state index contributed by atoms with van der Waals surface area (Å²) in [5.41, 5.74) is 3.40. The van der Waals surface area contributed by atoms with Crippen LogP contribution >= 0.6 is 0 Å². The van der Waals surface area contributed by atoms with Crippen LogP contribution in [0, 0.1) is 11.8 Å². The molecule has 2 amide bonds. The van der Waals surface area contributed by atoms with Crippen LogP contribution in [0.3, 0.4) is 0 Å². The monoisotopic (exact) mass is 619 g/mol. The van der Waals surface area contributed by atoms with Gasteiger partial charge in [-0.25, -0.2) is 0 Å². The molecule has 0 heterocycles. The highest BCUT2D eigenvalue weighted by Gasteiger charge is 2.33. The van der Waals surface area contributed by atoms with Crippen LogP contribution in [-0.4, -0.2) is 68.3 Å². The molecule has 3 aromatic rings. The van der Waals surface area contributed by atoms with Crippen molar-refractivity contribution >= 4 is 24.6 Å². The molecule has 10 nitrogen and oxygen atoms in total. The van der Waals surface area contributed by atoms with E-state index in [9.17, 15) is 19.6 Å². The Balaban J connectivity index is 1.97. The predicted molar refractivity (Wildman–Crippen MR) is 177 cm³/mol. The standard InChI is InChI=1S/C34H46BN3O7/c1-21(2)18-29(35(41)42)37-34(40)30(22(3)4)38-33(39)27(20-25-16-17-28(43-5)32(45-7)31(25)44-6)36-26-15-11-14-24(19-26)23-12-9-8-10-13-23/h8-17,19,21-22,27,29-30,36,41-42H,18,20H2,1-7H3,(H,37,40)(H,38,39)/t27-,29+,30-/m0/s1. The predicted octanol–water partition coefficient (Wildman–Crippen LogP) is 4.09. The van der Waals surface area contributed by atoms with E-state index in [0.29, 0.717) is 34.9 Å². The molecule has 5 N–H and O–H groups in total. The number of methoxy groups -OCH3 is 3. The van der Waals surface area contributed by atoms with Gasteiger partial charge in [0, 0.05) is 17.7 Å². The van der Waals surface area contributed by atoms with Gasteiger partial charge >= 0.3 is 7.12 Å². The number of hydrogen-bond acceptors (Lipinski definition) is 8. The highest BCUT2D eigenvalue weighted by atomic mass is 16.5. The normalized spacial score (nSPS) is 13.0. The minimum atomic E-state index is -1.73. The van der Waals surface area contributed by atoms with Crippen molar-refractivity contribution in [2.24, 2.45) is 11.8 Å². The summed E-state index contributed by atoms with van der Waals surface area (Å²) in [4.78, 5) is 27.4. The van der Waals surface area contributed by atoms with E-state index in [1.807, 2.05) is 88.4 Å². The van der Waals surface area contributed by atoms with E-state index in [4.69, 9.17) is 14.2 Å². The summed E-state index contributed by atoms with van der Waals surface area (Å²) in [5, 5.41) is 28.8. The van der Waals surface area contributed by atoms with Crippen LogP contribution in [0.25, 0.3) is 11.1 Å². The van der Waals surface area contributed by atoms with Crippen molar-refractivity contribution in [3.63, 3.8) is 0 Å². The Hall–Kier alpha value is -4.22. The molecule has 11 heteroatoms. The molecule has 45 heavy (non-hydrogen) atoms. The van der Waals surface area contributed by atoms with E-state index < -0.39 is 37.0 Å². The molecule has 0 aliphatic carbocycles. The third-order valence-corrected chi connectivity index (χ3v) is 7.50. The van der Waals surface area contributed by atoms with Gasteiger partial charge in [0.2, 0.25) is 17.6 Å². The molecule has 0 radical (unpaired) electrons. The molecule has 0 saturated heterocycles. The maximum atomic E-state index is 14.1. The molecule has 0 bridgehead atoms. The minimum Gasteiger partial charge on any atom is -0.493 e. The molecular weight excluding hydrogens is 573 g/mol. The highest BCUT2D eigenvalue weighted by Crippen LogP contribution is 2.40. The lowest BCUT2D eigenvalue weighted by Gasteiger charge is -2.28. The first-order valence-electron chi connectivity index (χ1n) is 15.2. The van der Waals surface area contributed by atoms with Gasteiger partial charge in [0.15, 0.2) is 11.5 Å². The summed E-state index contributed by atoms with van der Waals surface area (Å²) in [7, 11) is 2.84. The van der Waals surface area contributed by atoms with Crippen LogP contribution in [0.5, 0.6) is 17.2 Å². The molecule has 0 aromatic heterocycles. The molecule has 0 saturated carbocycles. The second-order valence-electron chi connectivity index (χ2n) is 11.7. The Morgan fingerprint density at radius 1 is 0.778 bits per heavy atom. The maximum absolute atomic E-state index is 14.1. The largest absolute Gasteiger partial charge is 0.493 e. The van der Waals surface area contributed by atoms with E-state index in [2.05, 4.69) is 16.0 Å². The Labute approximate surface area is 266 Å². The summed E-state index contributed by atoms with van der Waals surface area (Å²) in [6, 6.07) is 19.5. The summed E-state index contributed by atoms with van der Waals surface area (Å²) < 4.78 is 16.7. The number of ether oxygens (including phenoxy) is 3. The van der Waals surface area contributed by atoms with Crippen LogP contribution in [0.15, 0.2) is 66.7 Å². The lowest BCUT2D eigenvalue weighted by molar-refractivity contribution is -0.130. The average Bonchev–Trinajstić information content (AvgIpc) is 3.02. The fourth-order valence-corrected chi connectivity index (χ4v) is 5.20. The second-order valence-corrected chi connectivity index (χ2v) is 11.7. The van der Waals surface area contributed by atoms with Crippen molar-refractivity contribution in [3.05, 3.63) is 72.3 Å². The van der Waals surface area contributed by atoms with Gasteiger partial charge in [-0.3, -0.25) is 9.59 Å². The van der Waals surface area contributed by atoms with E-state index in [-0.39, 0.29) is 18.3 Å². The van der Waals surface area contributed by atoms with Gasteiger partial charge in [-0.05, 0) is 47.6 Å². The number of nitrogens with one attached hydrogen (secondary N) is 3. The molecule has 0 aliphatic rings. The van der Waals surface area contributed by atoms with Gasteiger partial charge in [0.05, 0.1) is 27.3 Å². The molecule has 0 unspecified atom stereocenters. The van der Waals surface area contributed by atoms with Crippen molar-refractivity contribution in [2.75, 3.05) is 26.6 Å². The van der Waals surface area contributed by atoms with E-state index >= 15 is 0 Å². The smallest absolute Gasteiger partial charge is 0.475 e. The third-order valence-electron chi connectivity index (χ3n) is 7.50. The first kappa shape index (κ1) is 35.3. The number of anilines is 1. The first-order chi connectivity index (χ1) is 21.5. The molecule has 242 valence electrons. The van der Waals surface area contributed by atoms with Crippen molar-refractivity contribution in [1.82, 2.24) is 10.6 Å². The van der Waals surface area contributed by atoms with Crippen LogP contribution in [0.1, 0.15) is 39.7 Å². The molecule has 3 atom stereocenters. The van der Waals surface area contributed by atoms with Crippen LogP contribution in [0.4, 0.5) is 5.69 Å². The van der Waals surface area contributed by atoms with Gasteiger partial charge in [-0.2, -0.15) is 0 Å². The van der Waals surface area contributed by atoms with Crippen LogP contribution < -0.4 is 30.2 Å². The number of benzene rings is 3. The van der Waals surface area contributed by atoms with Crippen molar-refractivity contribution in [2.45, 2.75) is 58.6 Å². The maximum Gasteiger partial charge on any atom is 0.475 e. The van der Waals surface area contributed by atoms with Gasteiger partial charge in [0.1, 0.15) is 12.1 Å². The topological polar surface area (TPSA) is 138 Å². The van der Waals surface area contributed by atoms with Crippen molar-refractivity contribution in [3.8, 4) is 28.4 Å². The molecule has 3 aromatic carbocycles. The lowest BCUT2D eigenvalue weighted by Crippen LogP contribution is -2.57. The highest BCUT2D eigenvalue weighted by molar-refractivity contribution is 6.43. The molecular formula is C34H46BN3O7. The summed E-state index contributed by atoms with van der Waals surface area (Å²) in [5.74, 6) is -0.644. The van der Waals surface area contributed by atoms with Gasteiger partial charge < -0.3 is 40.2 Å². The van der Waals surface area contributed by atoms with Crippen LogP contribution in [-0.2, 0) is 16.0 Å². The Morgan fingerprint density at radius 3 is 2.02 bits per heavy atom. The van der Waals surface area contributed by atoms with Crippen LogP contribution in [0.2, 0.25) is 0 Å². The zero-order valence-corrected chi connectivity index (χ0v) is 27.2. The third kappa shape index (κ3) is 9.63. The van der Waals surface area contributed by atoms with Crippen molar-refractivity contribution in [1.29, 1.82) is 0 Å². The minimum absolute atomic E-state index is 0.112. The van der Waals surface area contributed by atoms with Gasteiger partial charge in [0.25, 0.3) is 0 Å². The Kier molecular flexibility index (Phi) is 13.1. The molecule has 0 spiro atoms. The van der Waals surface area contributed by atoms with Gasteiger partial charge in [-0.15, -0.1) is 0 Å². The zero-order valence-electron chi connectivity index (χ0n) is 27.2. The Bertz CT molecular complexity index is 1400. The lowest BCUT2D eigenvalue weighted by atomic mass is 9.75. The SMILES string of the molecule is COc1ccc(C[C@H](Nc2cccc(-c3ccccc3)c2)C(=O)N[C@H](C(=O)N[C@H](CC(C)C)B(O)O)C(C)C)c(OC)c1OC. The number of carbonyl (C=O) groups excluding carboxylic acids is 2. The quantitative estimate of drug-likeness (QED) is 0.151. The van der Waals surface area contributed by atoms with Gasteiger partial charge in [-0.1, -0.05) is 76.2 Å². The van der Waals surface area contributed by atoms with E-state index in [1.54, 1.807) is 6.07 Å². The molecule has 0 aliphatic heterocycles. The average molecular weight is 620 g/mol. The summed E-state index contributed by atoms with van der Waals surface area (Å²) in [6.45, 7) is 7.49. The number of hydrogen-bond donors (Lipinski definition) is 5. The Morgan fingerprint density at radius 2 is 1.44 bits per heavy atom. The van der Waals surface area contributed by atoms with Crippen molar-refractivity contribution < 1.29 is 33.8 Å². The van der Waals surface area contributed by atoms with E-state index in [1.165, 1.54) is 21.3 Å². The second kappa shape index (κ2) is 16.7. The first-order valence-corrected chi connectivity index (χ1v) is 15.2. The summed E-state index contributed by atoms with van der Waals surface area (Å²) in [6.07, 6.45) is 0.548. The number of rotatable bonds is 16. The fraction of sp³-hybridized carbons (Fsp3) is 0.412.